The first-order valence-corrected chi connectivity index (χ1v) is 5.37. The van der Waals surface area contributed by atoms with E-state index in [0.717, 1.165) is 17.8 Å². The highest BCUT2D eigenvalue weighted by Crippen LogP contribution is 2.44. The SMILES string of the molecule is O=C(O)C12CN=CC=C1C=C1NNCC1C2. The van der Waals surface area contributed by atoms with Crippen molar-refractivity contribution in [1.82, 2.24) is 10.9 Å². The van der Waals surface area contributed by atoms with Gasteiger partial charge in [-0.3, -0.25) is 9.79 Å². The zero-order valence-corrected chi connectivity index (χ0v) is 8.73. The first kappa shape index (κ1) is 9.59. The molecule has 2 heterocycles. The average molecular weight is 219 g/mol. The van der Waals surface area contributed by atoms with Crippen LogP contribution < -0.4 is 10.9 Å². The molecular weight excluding hydrogens is 206 g/mol. The van der Waals surface area contributed by atoms with E-state index in [-0.39, 0.29) is 5.92 Å². The summed E-state index contributed by atoms with van der Waals surface area (Å²) in [6.07, 6.45) is 6.07. The first-order chi connectivity index (χ1) is 7.72. The van der Waals surface area contributed by atoms with Gasteiger partial charge in [0.25, 0.3) is 0 Å². The van der Waals surface area contributed by atoms with Gasteiger partial charge in [0, 0.05) is 24.4 Å². The lowest BCUT2D eigenvalue weighted by Crippen LogP contribution is -2.42. The van der Waals surface area contributed by atoms with Crippen molar-refractivity contribution >= 4 is 12.2 Å². The molecule has 1 fully saturated rings. The van der Waals surface area contributed by atoms with Crippen LogP contribution in [-0.2, 0) is 4.79 Å². The van der Waals surface area contributed by atoms with E-state index in [0.29, 0.717) is 13.0 Å². The van der Waals surface area contributed by atoms with Crippen LogP contribution in [0.2, 0.25) is 0 Å². The van der Waals surface area contributed by atoms with Crippen molar-refractivity contribution in [3.63, 3.8) is 0 Å². The second-order valence-corrected chi connectivity index (χ2v) is 4.51. The molecule has 1 aliphatic carbocycles. The lowest BCUT2D eigenvalue weighted by Gasteiger charge is -2.36. The highest BCUT2D eigenvalue weighted by Gasteiger charge is 2.48. The fourth-order valence-corrected chi connectivity index (χ4v) is 2.65. The van der Waals surface area contributed by atoms with Gasteiger partial charge in [0.1, 0.15) is 5.41 Å². The third-order valence-corrected chi connectivity index (χ3v) is 3.61. The fourth-order valence-electron chi connectivity index (χ4n) is 2.65. The monoisotopic (exact) mass is 219 g/mol. The van der Waals surface area contributed by atoms with Crippen molar-refractivity contribution in [3.8, 4) is 0 Å². The van der Waals surface area contributed by atoms with Crippen LogP contribution in [0.1, 0.15) is 6.42 Å². The number of nitrogens with zero attached hydrogens (tertiary/aromatic N) is 1. The minimum absolute atomic E-state index is 0.265. The first-order valence-electron chi connectivity index (χ1n) is 5.37. The van der Waals surface area contributed by atoms with Gasteiger partial charge in [0.05, 0.1) is 6.54 Å². The Morgan fingerprint density at radius 1 is 1.62 bits per heavy atom. The molecular formula is C11H13N3O2. The highest BCUT2D eigenvalue weighted by atomic mass is 16.4. The standard InChI is InChI=1S/C11H13N3O2/c15-10(16)11-4-7-5-13-14-9(7)3-8(11)1-2-12-6-11/h1-3,7,13-14H,4-6H2,(H,15,16). The smallest absolute Gasteiger partial charge is 0.316 e. The molecule has 0 bridgehead atoms. The Labute approximate surface area is 92.9 Å². The van der Waals surface area contributed by atoms with E-state index in [1.165, 1.54) is 0 Å². The molecule has 0 aromatic carbocycles. The quantitative estimate of drug-likeness (QED) is 0.584. The van der Waals surface area contributed by atoms with Gasteiger partial charge in [-0.05, 0) is 24.1 Å². The van der Waals surface area contributed by atoms with Crippen LogP contribution in [0.15, 0.2) is 28.4 Å². The number of nitrogens with one attached hydrogen (secondary N) is 2. The summed E-state index contributed by atoms with van der Waals surface area (Å²) in [4.78, 5) is 15.6. The van der Waals surface area contributed by atoms with E-state index in [2.05, 4.69) is 15.8 Å². The number of hydrogen-bond donors (Lipinski definition) is 3. The van der Waals surface area contributed by atoms with Gasteiger partial charge in [-0.25, -0.2) is 5.43 Å². The number of carboxylic acids is 1. The van der Waals surface area contributed by atoms with Crippen LogP contribution in [0.3, 0.4) is 0 Å². The van der Waals surface area contributed by atoms with E-state index in [1.807, 2.05) is 6.08 Å². The lowest BCUT2D eigenvalue weighted by atomic mass is 9.68. The van der Waals surface area contributed by atoms with Gasteiger partial charge in [-0.2, -0.15) is 0 Å². The Balaban J connectivity index is 2.08. The Kier molecular flexibility index (Phi) is 1.91. The Hall–Kier alpha value is -1.62. The maximum absolute atomic E-state index is 11.5. The summed E-state index contributed by atoms with van der Waals surface area (Å²) in [5.74, 6) is -0.501. The third kappa shape index (κ3) is 1.15. The largest absolute Gasteiger partial charge is 0.481 e. The molecule has 3 N–H and O–H groups in total. The maximum atomic E-state index is 11.5. The molecule has 5 heteroatoms. The van der Waals surface area contributed by atoms with Crippen LogP contribution in [0, 0.1) is 11.3 Å². The molecule has 3 rings (SSSR count). The average Bonchev–Trinajstić information content (AvgIpc) is 2.72. The fraction of sp³-hybridized carbons (Fsp3) is 0.455. The molecule has 2 atom stereocenters. The summed E-state index contributed by atoms with van der Waals surface area (Å²) < 4.78 is 0. The zero-order chi connectivity index (χ0) is 11.2. The number of carbonyl (C=O) groups is 1. The number of aliphatic imine (C=N–C) groups is 1. The van der Waals surface area contributed by atoms with Crippen molar-refractivity contribution in [2.45, 2.75) is 6.42 Å². The molecule has 2 unspecified atom stereocenters. The summed E-state index contributed by atoms with van der Waals surface area (Å²) in [5.41, 5.74) is 7.28. The minimum Gasteiger partial charge on any atom is -0.481 e. The van der Waals surface area contributed by atoms with Crippen LogP contribution >= 0.6 is 0 Å². The lowest BCUT2D eigenvalue weighted by molar-refractivity contribution is -0.146. The second-order valence-electron chi connectivity index (χ2n) is 4.51. The van der Waals surface area contributed by atoms with Crippen molar-refractivity contribution in [1.29, 1.82) is 0 Å². The number of allylic oxidation sites excluding steroid dienone is 2. The molecule has 3 aliphatic rings. The molecule has 0 aromatic heterocycles. The molecule has 0 spiro atoms. The maximum Gasteiger partial charge on any atom is 0.316 e. The molecule has 0 aromatic rings. The van der Waals surface area contributed by atoms with Crippen molar-refractivity contribution in [2.24, 2.45) is 16.3 Å². The number of fused-ring (bicyclic) bond motifs is 2. The molecule has 1 saturated heterocycles. The van der Waals surface area contributed by atoms with Crippen molar-refractivity contribution in [3.05, 3.63) is 23.4 Å². The number of aliphatic carboxylic acids is 1. The zero-order valence-electron chi connectivity index (χ0n) is 8.73. The number of carboxylic acid groups (broad SMARTS) is 1. The van der Waals surface area contributed by atoms with E-state index in [1.54, 1.807) is 12.3 Å². The normalized spacial score (nSPS) is 35.6. The van der Waals surface area contributed by atoms with Gasteiger partial charge in [0.15, 0.2) is 0 Å². The summed E-state index contributed by atoms with van der Waals surface area (Å²) in [7, 11) is 0. The summed E-state index contributed by atoms with van der Waals surface area (Å²) in [5, 5.41) is 9.46. The summed E-state index contributed by atoms with van der Waals surface area (Å²) >= 11 is 0. The van der Waals surface area contributed by atoms with Crippen LogP contribution in [0.25, 0.3) is 0 Å². The number of dihydropyridines is 1. The van der Waals surface area contributed by atoms with Gasteiger partial charge < -0.3 is 10.5 Å². The van der Waals surface area contributed by atoms with Crippen molar-refractivity contribution < 1.29 is 9.90 Å². The second kappa shape index (κ2) is 3.18. The van der Waals surface area contributed by atoms with E-state index < -0.39 is 11.4 Å². The summed E-state index contributed by atoms with van der Waals surface area (Å²) in [6, 6.07) is 0. The van der Waals surface area contributed by atoms with Gasteiger partial charge >= 0.3 is 5.97 Å². The number of hydrogen-bond acceptors (Lipinski definition) is 4. The van der Waals surface area contributed by atoms with Gasteiger partial charge in [0.2, 0.25) is 0 Å². The molecule has 16 heavy (non-hydrogen) atoms. The predicted molar refractivity (Wildman–Crippen MR) is 58.8 cm³/mol. The summed E-state index contributed by atoms with van der Waals surface area (Å²) in [6.45, 7) is 1.15. The van der Waals surface area contributed by atoms with Gasteiger partial charge in [-0.15, -0.1) is 0 Å². The molecule has 84 valence electrons. The molecule has 2 aliphatic heterocycles. The van der Waals surface area contributed by atoms with Crippen molar-refractivity contribution in [2.75, 3.05) is 13.1 Å². The predicted octanol–water partition coefficient (Wildman–Crippen LogP) is 0.0798. The molecule has 0 radical (unpaired) electrons. The highest BCUT2D eigenvalue weighted by molar-refractivity contribution is 5.86. The van der Waals surface area contributed by atoms with E-state index in [4.69, 9.17) is 0 Å². The Morgan fingerprint density at radius 2 is 2.50 bits per heavy atom. The molecule has 5 nitrogen and oxygen atoms in total. The van der Waals surface area contributed by atoms with Crippen LogP contribution in [-0.4, -0.2) is 30.4 Å². The molecule has 0 saturated carbocycles. The van der Waals surface area contributed by atoms with E-state index in [9.17, 15) is 9.90 Å². The Morgan fingerprint density at radius 3 is 3.31 bits per heavy atom. The van der Waals surface area contributed by atoms with Crippen LogP contribution in [0.4, 0.5) is 0 Å². The number of rotatable bonds is 1. The number of hydrazine groups is 1. The van der Waals surface area contributed by atoms with Gasteiger partial charge in [-0.1, -0.05) is 0 Å². The molecule has 0 amide bonds. The van der Waals surface area contributed by atoms with Crippen LogP contribution in [0.5, 0.6) is 0 Å². The topological polar surface area (TPSA) is 73.7 Å². The minimum atomic E-state index is -0.809. The third-order valence-electron chi connectivity index (χ3n) is 3.61. The Bertz CT molecular complexity index is 439. The van der Waals surface area contributed by atoms with E-state index >= 15 is 0 Å².